The summed E-state index contributed by atoms with van der Waals surface area (Å²) >= 11 is 0. The number of carbonyl (C=O) groups excluding carboxylic acids is 1. The lowest BCUT2D eigenvalue weighted by Gasteiger charge is -2.11. The lowest BCUT2D eigenvalue weighted by atomic mass is 10.0. The van der Waals surface area contributed by atoms with E-state index in [9.17, 15) is 19.3 Å². The number of nitro groups is 1. The minimum atomic E-state index is -0.550. The predicted octanol–water partition coefficient (Wildman–Crippen LogP) is 6.19. The third-order valence-corrected chi connectivity index (χ3v) is 5.96. The van der Waals surface area contributed by atoms with Gasteiger partial charge >= 0.3 is 0 Å². The summed E-state index contributed by atoms with van der Waals surface area (Å²) in [5.41, 5.74) is 3.60. The second-order valence-corrected chi connectivity index (χ2v) is 8.70. The van der Waals surface area contributed by atoms with Crippen molar-refractivity contribution in [3.63, 3.8) is 0 Å². The van der Waals surface area contributed by atoms with Gasteiger partial charge in [-0.15, -0.1) is 0 Å². The summed E-state index contributed by atoms with van der Waals surface area (Å²) in [6, 6.07) is 19.3. The first-order valence-electron chi connectivity index (χ1n) is 11.7. The topological polar surface area (TPSA) is 112 Å². The Labute approximate surface area is 216 Å². The third-order valence-electron chi connectivity index (χ3n) is 5.96. The molecule has 1 amide bonds. The Morgan fingerprint density at radius 1 is 1.08 bits per heavy atom. The number of anilines is 1. The van der Waals surface area contributed by atoms with Crippen molar-refractivity contribution in [2.24, 2.45) is 0 Å². The largest absolute Gasteiger partial charge is 0.457 e. The zero-order valence-electron chi connectivity index (χ0n) is 20.5. The molecule has 0 aliphatic heterocycles. The molecule has 0 aliphatic carbocycles. The maximum atomic E-state index is 13.4. The summed E-state index contributed by atoms with van der Waals surface area (Å²) in [4.78, 5) is 28.4. The molecule has 0 saturated carbocycles. The smallest absolute Gasteiger partial charge is 0.275 e. The van der Waals surface area contributed by atoms with Crippen LogP contribution in [0, 0.1) is 29.8 Å². The van der Waals surface area contributed by atoms with Crippen LogP contribution in [0.1, 0.15) is 11.3 Å². The van der Waals surface area contributed by atoms with E-state index in [1.54, 1.807) is 37.4 Å². The fourth-order valence-electron chi connectivity index (χ4n) is 4.22. The van der Waals surface area contributed by atoms with Crippen molar-refractivity contribution in [3.8, 4) is 22.6 Å². The molecule has 1 N–H and O–H groups in total. The van der Waals surface area contributed by atoms with Gasteiger partial charge in [0.2, 0.25) is 5.91 Å². The van der Waals surface area contributed by atoms with Crippen LogP contribution in [-0.4, -0.2) is 25.6 Å². The Hall–Kier alpha value is -5.12. The summed E-state index contributed by atoms with van der Waals surface area (Å²) in [6.45, 7) is 3.49. The van der Waals surface area contributed by atoms with Crippen LogP contribution in [0.3, 0.4) is 0 Å². The fourth-order valence-corrected chi connectivity index (χ4v) is 4.22. The second kappa shape index (κ2) is 10.1. The van der Waals surface area contributed by atoms with Crippen LogP contribution in [0.2, 0.25) is 0 Å². The molecular weight excluding hydrogens is 489 g/mol. The van der Waals surface area contributed by atoms with Crippen molar-refractivity contribution in [2.45, 2.75) is 20.4 Å². The summed E-state index contributed by atoms with van der Waals surface area (Å²) in [5.74, 6) is -0.0240. The van der Waals surface area contributed by atoms with Crippen molar-refractivity contribution in [1.29, 1.82) is 0 Å². The quantitative estimate of drug-likeness (QED) is 0.206. The van der Waals surface area contributed by atoms with Crippen molar-refractivity contribution in [2.75, 3.05) is 5.32 Å². The van der Waals surface area contributed by atoms with E-state index >= 15 is 0 Å². The first kappa shape index (κ1) is 24.6. The number of amides is 1. The molecule has 5 aromatic rings. The molecule has 5 rings (SSSR count). The molecule has 9 nitrogen and oxygen atoms in total. The summed E-state index contributed by atoms with van der Waals surface area (Å²) in [5, 5.41) is 19.4. The summed E-state index contributed by atoms with van der Waals surface area (Å²) in [7, 11) is 0. The zero-order chi connectivity index (χ0) is 26.8. The van der Waals surface area contributed by atoms with Gasteiger partial charge in [0.05, 0.1) is 22.4 Å². The molecule has 0 bridgehead atoms. The Morgan fingerprint density at radius 3 is 2.58 bits per heavy atom. The van der Waals surface area contributed by atoms with Gasteiger partial charge in [-0.05, 0) is 54.8 Å². The minimum Gasteiger partial charge on any atom is -0.457 e. The molecule has 0 spiro atoms. The van der Waals surface area contributed by atoms with E-state index in [0.29, 0.717) is 17.1 Å². The molecule has 10 heteroatoms. The first-order valence-corrected chi connectivity index (χ1v) is 11.7. The number of para-hydroxylation sites is 1. The van der Waals surface area contributed by atoms with Crippen molar-refractivity contribution in [1.82, 2.24) is 14.8 Å². The van der Waals surface area contributed by atoms with Crippen LogP contribution in [0.5, 0.6) is 11.5 Å². The molecule has 0 fully saturated rings. The zero-order valence-corrected chi connectivity index (χ0v) is 20.5. The SMILES string of the molecule is Cc1ccccc1Oc1cc(NC(=O)Cn2nc(C)c3c(-c4ccc(F)cc4)ccnc32)cc([N+](=O)[O-])c1. The van der Waals surface area contributed by atoms with Gasteiger partial charge in [-0.2, -0.15) is 5.10 Å². The van der Waals surface area contributed by atoms with E-state index in [1.807, 2.05) is 25.1 Å². The van der Waals surface area contributed by atoms with E-state index in [1.165, 1.54) is 35.0 Å². The number of hydrogen-bond acceptors (Lipinski definition) is 6. The number of aryl methyl sites for hydroxylation is 2. The highest BCUT2D eigenvalue weighted by atomic mass is 19.1. The molecule has 2 heterocycles. The molecule has 38 heavy (non-hydrogen) atoms. The number of halogens is 1. The van der Waals surface area contributed by atoms with Gasteiger partial charge in [-0.3, -0.25) is 14.9 Å². The Kier molecular flexibility index (Phi) is 6.53. The average molecular weight is 512 g/mol. The standard InChI is InChI=1S/C28H22FN5O4/c1-17-5-3-4-6-25(17)38-23-14-21(13-22(15-23)34(36)37)31-26(35)16-33-28-27(18(2)32-33)24(11-12-30-28)19-7-9-20(29)10-8-19/h3-15H,16H2,1-2H3,(H,31,35). The lowest BCUT2D eigenvalue weighted by molar-refractivity contribution is -0.384. The molecular formula is C28H22FN5O4. The molecule has 0 unspecified atom stereocenters. The van der Waals surface area contributed by atoms with E-state index in [0.717, 1.165) is 22.1 Å². The predicted molar refractivity (Wildman–Crippen MR) is 141 cm³/mol. The van der Waals surface area contributed by atoms with Gasteiger partial charge in [-0.25, -0.2) is 14.1 Å². The summed E-state index contributed by atoms with van der Waals surface area (Å²) in [6.07, 6.45) is 1.60. The number of carbonyl (C=O) groups is 1. The number of nitro benzene ring substituents is 1. The van der Waals surface area contributed by atoms with Crippen molar-refractivity contribution >= 4 is 28.3 Å². The number of benzene rings is 3. The van der Waals surface area contributed by atoms with Gasteiger partial charge in [0.1, 0.15) is 23.9 Å². The van der Waals surface area contributed by atoms with Crippen LogP contribution in [0.4, 0.5) is 15.8 Å². The van der Waals surface area contributed by atoms with Crippen LogP contribution >= 0.6 is 0 Å². The highest BCUT2D eigenvalue weighted by molar-refractivity contribution is 5.96. The third kappa shape index (κ3) is 5.05. The summed E-state index contributed by atoms with van der Waals surface area (Å²) < 4.78 is 20.7. The number of fused-ring (bicyclic) bond motifs is 1. The van der Waals surface area contributed by atoms with E-state index < -0.39 is 10.8 Å². The molecule has 2 aromatic heterocycles. The van der Waals surface area contributed by atoms with Crippen LogP contribution in [0.25, 0.3) is 22.2 Å². The average Bonchev–Trinajstić information content (AvgIpc) is 3.20. The Bertz CT molecular complexity index is 1680. The van der Waals surface area contributed by atoms with E-state index in [2.05, 4.69) is 15.4 Å². The van der Waals surface area contributed by atoms with Gasteiger partial charge in [-0.1, -0.05) is 30.3 Å². The second-order valence-electron chi connectivity index (χ2n) is 8.70. The van der Waals surface area contributed by atoms with Crippen molar-refractivity contribution in [3.05, 3.63) is 106 Å². The lowest BCUT2D eigenvalue weighted by Crippen LogP contribution is -2.20. The van der Waals surface area contributed by atoms with E-state index in [-0.39, 0.29) is 29.5 Å². The molecule has 190 valence electrons. The van der Waals surface area contributed by atoms with Crippen molar-refractivity contribution < 1.29 is 18.8 Å². The van der Waals surface area contributed by atoms with Gasteiger partial charge in [0.15, 0.2) is 5.65 Å². The fraction of sp³-hybridized carbons (Fsp3) is 0.107. The van der Waals surface area contributed by atoms with Gasteiger partial charge in [0.25, 0.3) is 5.69 Å². The van der Waals surface area contributed by atoms with Crippen LogP contribution < -0.4 is 10.1 Å². The van der Waals surface area contributed by atoms with Crippen LogP contribution in [0.15, 0.2) is 79.0 Å². The minimum absolute atomic E-state index is 0.180. The van der Waals surface area contributed by atoms with Gasteiger partial charge in [0, 0.05) is 23.7 Å². The number of hydrogen-bond donors (Lipinski definition) is 1. The number of rotatable bonds is 7. The molecule has 0 radical (unpaired) electrons. The van der Waals surface area contributed by atoms with Crippen LogP contribution in [-0.2, 0) is 11.3 Å². The normalized spacial score (nSPS) is 10.9. The number of ether oxygens (including phenoxy) is 1. The number of aromatic nitrogens is 3. The Balaban J connectivity index is 1.41. The number of nitrogens with one attached hydrogen (secondary N) is 1. The molecule has 3 aromatic carbocycles. The molecule has 0 atom stereocenters. The van der Waals surface area contributed by atoms with Gasteiger partial charge < -0.3 is 10.1 Å². The maximum Gasteiger partial charge on any atom is 0.275 e. The number of non-ortho nitro benzene ring substituents is 1. The highest BCUT2D eigenvalue weighted by Crippen LogP contribution is 2.32. The highest BCUT2D eigenvalue weighted by Gasteiger charge is 2.18. The first-order chi connectivity index (χ1) is 18.3. The molecule has 0 aliphatic rings. The maximum absolute atomic E-state index is 13.4. The molecule has 0 saturated heterocycles. The Morgan fingerprint density at radius 2 is 1.84 bits per heavy atom. The number of nitrogens with zero attached hydrogens (tertiary/aromatic N) is 4. The number of pyridine rings is 1. The monoisotopic (exact) mass is 511 g/mol. The van der Waals surface area contributed by atoms with E-state index in [4.69, 9.17) is 4.74 Å².